The zero-order valence-electron chi connectivity index (χ0n) is 11.0. The molecule has 0 aromatic heterocycles. The van der Waals surface area contributed by atoms with Crippen LogP contribution in [0.5, 0.6) is 5.75 Å². The first-order valence-electron chi connectivity index (χ1n) is 6.32. The van der Waals surface area contributed by atoms with Gasteiger partial charge >= 0.3 is 0 Å². The minimum atomic E-state index is -0.525. The van der Waals surface area contributed by atoms with E-state index in [1.807, 2.05) is 0 Å². The molecule has 0 heterocycles. The fourth-order valence-corrected chi connectivity index (χ4v) is 1.56. The smallest absolute Gasteiger partial charge is 0.255 e. The summed E-state index contributed by atoms with van der Waals surface area (Å²) in [4.78, 5) is 22.1. The molecule has 2 rings (SSSR count). The van der Waals surface area contributed by atoms with E-state index in [0.29, 0.717) is 11.4 Å². The summed E-state index contributed by atoms with van der Waals surface area (Å²) in [6.07, 6.45) is 1.90. The average molecular weight is 275 g/mol. The molecular weight excluding hydrogens is 258 g/mol. The number of hydrogen-bond acceptors (Lipinski definition) is 4. The molecule has 1 aliphatic carbocycles. The molecule has 0 saturated heterocycles. The van der Waals surface area contributed by atoms with Crippen molar-refractivity contribution in [1.82, 2.24) is 10.9 Å². The average Bonchev–Trinajstić information content (AvgIpc) is 3.27. The number of hydrogen-bond donors (Lipinski definition) is 3. The van der Waals surface area contributed by atoms with Crippen LogP contribution in [0.4, 0.5) is 0 Å². The highest BCUT2D eigenvalue weighted by atomic mass is 16.5. The molecule has 0 unspecified atom stereocenters. The minimum Gasteiger partial charge on any atom is -0.484 e. The highest BCUT2D eigenvalue weighted by Crippen LogP contribution is 2.28. The summed E-state index contributed by atoms with van der Waals surface area (Å²) < 4.78 is 5.15. The van der Waals surface area contributed by atoms with Gasteiger partial charge in [-0.05, 0) is 42.7 Å². The third-order valence-corrected chi connectivity index (χ3v) is 2.87. The normalized spacial score (nSPS) is 13.4. The second-order valence-corrected chi connectivity index (χ2v) is 4.65. The molecule has 106 valence electrons. The van der Waals surface area contributed by atoms with Gasteiger partial charge in [-0.1, -0.05) is 6.58 Å². The van der Waals surface area contributed by atoms with Gasteiger partial charge in [0.1, 0.15) is 5.75 Å². The molecule has 2 amide bonds. The highest BCUT2D eigenvalue weighted by molar-refractivity contribution is 5.81. The van der Waals surface area contributed by atoms with Gasteiger partial charge in [0.15, 0.2) is 6.61 Å². The zero-order valence-corrected chi connectivity index (χ0v) is 11.0. The van der Waals surface area contributed by atoms with Gasteiger partial charge in [0.25, 0.3) is 5.91 Å². The molecule has 0 bridgehead atoms. The molecule has 20 heavy (non-hydrogen) atoms. The van der Waals surface area contributed by atoms with Gasteiger partial charge < -0.3 is 10.5 Å². The van der Waals surface area contributed by atoms with E-state index in [-0.39, 0.29) is 18.4 Å². The first kappa shape index (κ1) is 13.9. The van der Waals surface area contributed by atoms with E-state index in [1.54, 1.807) is 24.3 Å². The largest absolute Gasteiger partial charge is 0.484 e. The number of nitrogens with two attached hydrogens (primary N) is 1. The maximum Gasteiger partial charge on any atom is 0.255 e. The van der Waals surface area contributed by atoms with E-state index in [0.717, 1.165) is 18.4 Å². The molecule has 1 aromatic carbocycles. The zero-order chi connectivity index (χ0) is 14.5. The van der Waals surface area contributed by atoms with Crippen LogP contribution in [0.2, 0.25) is 0 Å². The predicted molar refractivity (Wildman–Crippen MR) is 74.2 cm³/mol. The van der Waals surface area contributed by atoms with E-state index >= 15 is 0 Å². The Hall–Kier alpha value is -2.50. The summed E-state index contributed by atoms with van der Waals surface area (Å²) in [6, 6.07) is 6.95. The Morgan fingerprint density at radius 3 is 2.45 bits per heavy atom. The van der Waals surface area contributed by atoms with Crippen LogP contribution in [-0.2, 0) is 9.59 Å². The quantitative estimate of drug-likeness (QED) is 0.634. The highest BCUT2D eigenvalue weighted by Gasteiger charge is 2.29. The Bertz CT molecular complexity index is 521. The van der Waals surface area contributed by atoms with E-state index in [9.17, 15) is 9.59 Å². The summed E-state index contributed by atoms with van der Waals surface area (Å²) in [5, 5.41) is 0. The van der Waals surface area contributed by atoms with Crippen molar-refractivity contribution in [2.75, 3.05) is 6.61 Å². The van der Waals surface area contributed by atoms with Crippen molar-refractivity contribution in [3.63, 3.8) is 0 Å². The molecule has 0 atom stereocenters. The lowest BCUT2D eigenvalue weighted by Crippen LogP contribution is -2.36. The van der Waals surface area contributed by atoms with Gasteiger partial charge in [-0.15, -0.1) is 0 Å². The number of primary amides is 1. The predicted octanol–water partition coefficient (Wildman–Crippen LogP) is 0.552. The SMILES string of the molecule is C=C(NNC(=O)C1CC1)c1ccc(OCC(N)=O)cc1. The van der Waals surface area contributed by atoms with Crippen LogP contribution < -0.4 is 21.3 Å². The Morgan fingerprint density at radius 2 is 1.90 bits per heavy atom. The molecule has 1 aromatic rings. The molecule has 0 radical (unpaired) electrons. The molecule has 0 aliphatic heterocycles. The third kappa shape index (κ3) is 4.01. The Balaban J connectivity index is 1.83. The Morgan fingerprint density at radius 1 is 1.25 bits per heavy atom. The summed E-state index contributed by atoms with van der Waals surface area (Å²) in [7, 11) is 0. The first-order chi connectivity index (χ1) is 9.56. The van der Waals surface area contributed by atoms with Crippen molar-refractivity contribution >= 4 is 17.5 Å². The maximum absolute atomic E-state index is 11.5. The molecule has 1 aliphatic rings. The number of hydrazine groups is 1. The van der Waals surface area contributed by atoms with Crippen molar-refractivity contribution in [2.45, 2.75) is 12.8 Å². The van der Waals surface area contributed by atoms with Crippen LogP contribution in [-0.4, -0.2) is 18.4 Å². The van der Waals surface area contributed by atoms with E-state index in [1.165, 1.54) is 0 Å². The lowest BCUT2D eigenvalue weighted by Gasteiger charge is -2.11. The van der Waals surface area contributed by atoms with E-state index in [2.05, 4.69) is 17.4 Å². The van der Waals surface area contributed by atoms with Gasteiger partial charge in [0.05, 0.1) is 5.70 Å². The van der Waals surface area contributed by atoms with Gasteiger partial charge in [-0.3, -0.25) is 20.4 Å². The summed E-state index contributed by atoms with van der Waals surface area (Å²) in [5.74, 6) is 0.151. The fraction of sp³-hybridized carbons (Fsp3) is 0.286. The lowest BCUT2D eigenvalue weighted by molar-refractivity contribution is -0.123. The lowest BCUT2D eigenvalue weighted by atomic mass is 10.2. The van der Waals surface area contributed by atoms with Crippen molar-refractivity contribution in [1.29, 1.82) is 0 Å². The summed E-state index contributed by atoms with van der Waals surface area (Å²) >= 11 is 0. The number of benzene rings is 1. The van der Waals surface area contributed by atoms with Crippen molar-refractivity contribution in [3.05, 3.63) is 36.4 Å². The topological polar surface area (TPSA) is 93.4 Å². The monoisotopic (exact) mass is 275 g/mol. The second kappa shape index (κ2) is 6.10. The maximum atomic E-state index is 11.5. The minimum absolute atomic E-state index is 0.00689. The van der Waals surface area contributed by atoms with Crippen LogP contribution >= 0.6 is 0 Å². The molecule has 0 spiro atoms. The Kier molecular flexibility index (Phi) is 4.24. The third-order valence-electron chi connectivity index (χ3n) is 2.87. The summed E-state index contributed by atoms with van der Waals surface area (Å²) in [6.45, 7) is 3.68. The number of nitrogens with one attached hydrogen (secondary N) is 2. The van der Waals surface area contributed by atoms with Gasteiger partial charge in [0, 0.05) is 5.92 Å². The summed E-state index contributed by atoms with van der Waals surface area (Å²) in [5.41, 5.74) is 11.8. The molecule has 6 nitrogen and oxygen atoms in total. The van der Waals surface area contributed by atoms with Crippen LogP contribution in [0.25, 0.3) is 5.70 Å². The molecule has 4 N–H and O–H groups in total. The van der Waals surface area contributed by atoms with Crippen LogP contribution in [0.3, 0.4) is 0 Å². The molecular formula is C14H17N3O3. The fourth-order valence-electron chi connectivity index (χ4n) is 1.56. The number of ether oxygens (including phenoxy) is 1. The number of carbonyl (C=O) groups is 2. The van der Waals surface area contributed by atoms with Gasteiger partial charge in [0.2, 0.25) is 5.91 Å². The van der Waals surface area contributed by atoms with Crippen LogP contribution in [0, 0.1) is 5.92 Å². The van der Waals surface area contributed by atoms with Crippen molar-refractivity contribution < 1.29 is 14.3 Å². The van der Waals surface area contributed by atoms with E-state index < -0.39 is 5.91 Å². The van der Waals surface area contributed by atoms with Gasteiger partial charge in [-0.2, -0.15) is 0 Å². The van der Waals surface area contributed by atoms with E-state index in [4.69, 9.17) is 10.5 Å². The molecule has 1 fully saturated rings. The number of rotatable bonds is 7. The van der Waals surface area contributed by atoms with Crippen LogP contribution in [0.1, 0.15) is 18.4 Å². The molecule has 6 heteroatoms. The van der Waals surface area contributed by atoms with Gasteiger partial charge in [-0.25, -0.2) is 0 Å². The number of amides is 2. The Labute approximate surface area is 117 Å². The molecule has 1 saturated carbocycles. The second-order valence-electron chi connectivity index (χ2n) is 4.65. The first-order valence-corrected chi connectivity index (χ1v) is 6.32. The standard InChI is InChI=1S/C14H17N3O3/c1-9(16-17-14(19)11-2-3-11)10-4-6-12(7-5-10)20-8-13(15)18/h4-7,11,16H,1-3,8H2,(H2,15,18)(H,17,19). The van der Waals surface area contributed by atoms with Crippen molar-refractivity contribution in [3.8, 4) is 5.75 Å². The van der Waals surface area contributed by atoms with Crippen molar-refractivity contribution in [2.24, 2.45) is 11.7 Å². The van der Waals surface area contributed by atoms with Crippen LogP contribution in [0.15, 0.2) is 30.8 Å². The number of carbonyl (C=O) groups excluding carboxylic acids is 2.